The van der Waals surface area contributed by atoms with Crippen LogP contribution in [0.4, 0.5) is 11.4 Å². The smallest absolute Gasteiger partial charge is 0.221 e. The van der Waals surface area contributed by atoms with Gasteiger partial charge in [-0.2, -0.15) is 0 Å². The third kappa shape index (κ3) is 8.45. The Morgan fingerprint density at radius 3 is 1.26 bits per heavy atom. The quantitative estimate of drug-likeness (QED) is 0.683. The Balaban J connectivity index is 1.62. The summed E-state index contributed by atoms with van der Waals surface area (Å²) in [4.78, 5) is 22.7. The fraction of sp³-hybridized carbons (Fsp3) is 0.417. The van der Waals surface area contributed by atoms with Crippen molar-refractivity contribution in [3.05, 3.63) is 36.4 Å². The van der Waals surface area contributed by atoms with Crippen molar-refractivity contribution >= 4 is 23.2 Å². The van der Waals surface area contributed by atoms with Gasteiger partial charge in [-0.3, -0.25) is 9.59 Å². The maximum atomic E-state index is 11.3. The third-order valence-electron chi connectivity index (χ3n) is 4.47. The van der Waals surface area contributed by atoms with E-state index in [1.165, 1.54) is 13.8 Å². The van der Waals surface area contributed by atoms with Gasteiger partial charge in [-0.25, -0.2) is 0 Å². The molecular formula is C24H30N2O8. The Bertz CT molecular complexity index is 888. The standard InChI is InChI=1S/C24H30N2O8/c1-17(27)25-19-3-5-21-23(15-19)33-13-9-29-8-12-32-22-6-4-20(26-18(2)28)16-24(22)34-14-10-30-7-11-31-21/h3-6,15-16H,7-14H2,1-2H3,(H,25,27)(H,26,28). The van der Waals surface area contributed by atoms with Gasteiger partial charge in [0.15, 0.2) is 23.0 Å². The molecule has 0 aliphatic carbocycles. The second-order valence-electron chi connectivity index (χ2n) is 7.30. The zero-order valence-corrected chi connectivity index (χ0v) is 19.4. The molecule has 10 heteroatoms. The molecule has 0 unspecified atom stereocenters. The largest absolute Gasteiger partial charge is 0.487 e. The minimum absolute atomic E-state index is 0.173. The van der Waals surface area contributed by atoms with Gasteiger partial charge < -0.3 is 39.1 Å². The first-order valence-corrected chi connectivity index (χ1v) is 11.0. The summed E-state index contributed by atoms with van der Waals surface area (Å²) < 4.78 is 34.4. The summed E-state index contributed by atoms with van der Waals surface area (Å²) in [5.41, 5.74) is 1.22. The fourth-order valence-corrected chi connectivity index (χ4v) is 3.09. The van der Waals surface area contributed by atoms with Crippen LogP contribution in [0.25, 0.3) is 0 Å². The molecule has 0 radical (unpaired) electrons. The molecule has 34 heavy (non-hydrogen) atoms. The summed E-state index contributed by atoms with van der Waals surface area (Å²) in [6.45, 7) is 5.42. The number of hydrogen-bond donors (Lipinski definition) is 2. The Morgan fingerprint density at radius 1 is 0.559 bits per heavy atom. The van der Waals surface area contributed by atoms with Crippen LogP contribution in [0.3, 0.4) is 0 Å². The highest BCUT2D eigenvalue weighted by atomic mass is 16.6. The molecule has 0 atom stereocenters. The predicted molar refractivity (Wildman–Crippen MR) is 125 cm³/mol. The Hall–Kier alpha value is -3.50. The zero-order chi connectivity index (χ0) is 24.2. The second-order valence-corrected chi connectivity index (χ2v) is 7.30. The van der Waals surface area contributed by atoms with Crippen molar-refractivity contribution in [2.24, 2.45) is 0 Å². The van der Waals surface area contributed by atoms with E-state index in [2.05, 4.69) is 10.6 Å². The molecule has 2 aromatic carbocycles. The SMILES string of the molecule is CC(=O)Nc1ccc2c(c1)OCCOCCOc1ccc(NC(C)=O)cc1OCCOCCO2. The molecule has 10 nitrogen and oxygen atoms in total. The van der Waals surface area contributed by atoms with Crippen LogP contribution in [-0.4, -0.2) is 64.7 Å². The highest BCUT2D eigenvalue weighted by Crippen LogP contribution is 2.32. The summed E-state index contributed by atoms with van der Waals surface area (Å²) in [6.07, 6.45) is 0. The van der Waals surface area contributed by atoms with Crippen molar-refractivity contribution in [2.75, 3.05) is 63.5 Å². The van der Waals surface area contributed by atoms with Crippen LogP contribution >= 0.6 is 0 Å². The van der Waals surface area contributed by atoms with Gasteiger partial charge in [0, 0.05) is 37.4 Å². The van der Waals surface area contributed by atoms with Crippen LogP contribution in [0, 0.1) is 0 Å². The van der Waals surface area contributed by atoms with Gasteiger partial charge in [-0.15, -0.1) is 0 Å². The summed E-state index contributed by atoms with van der Waals surface area (Å²) >= 11 is 0. The molecule has 0 spiro atoms. The van der Waals surface area contributed by atoms with E-state index in [4.69, 9.17) is 28.4 Å². The molecule has 0 fully saturated rings. The van der Waals surface area contributed by atoms with E-state index < -0.39 is 0 Å². The lowest BCUT2D eigenvalue weighted by molar-refractivity contribution is -0.115. The maximum absolute atomic E-state index is 11.3. The van der Waals surface area contributed by atoms with Gasteiger partial charge in [0.05, 0.1) is 26.4 Å². The molecular weight excluding hydrogens is 444 g/mol. The minimum atomic E-state index is -0.173. The van der Waals surface area contributed by atoms with Crippen LogP contribution in [0.1, 0.15) is 13.8 Å². The number of amides is 2. The second kappa shape index (κ2) is 13.3. The summed E-state index contributed by atoms with van der Waals surface area (Å²) in [6, 6.07) is 10.4. The number of fused-ring (bicyclic) bond motifs is 2. The van der Waals surface area contributed by atoms with Crippen LogP contribution in [0.15, 0.2) is 36.4 Å². The van der Waals surface area contributed by atoms with Crippen LogP contribution in [-0.2, 0) is 19.1 Å². The first kappa shape index (κ1) is 25.1. The molecule has 1 heterocycles. The number of ether oxygens (including phenoxy) is 6. The van der Waals surface area contributed by atoms with E-state index in [1.54, 1.807) is 36.4 Å². The molecule has 184 valence electrons. The Kier molecular flexibility index (Phi) is 9.80. The van der Waals surface area contributed by atoms with Crippen molar-refractivity contribution < 1.29 is 38.0 Å². The molecule has 3 rings (SSSR count). The monoisotopic (exact) mass is 474 g/mol. The van der Waals surface area contributed by atoms with Gasteiger partial charge in [0.1, 0.15) is 26.4 Å². The van der Waals surface area contributed by atoms with E-state index >= 15 is 0 Å². The summed E-state index contributed by atoms with van der Waals surface area (Å²) in [5, 5.41) is 5.45. The molecule has 0 saturated carbocycles. The van der Waals surface area contributed by atoms with Crippen LogP contribution < -0.4 is 29.6 Å². The summed E-state index contributed by atoms with van der Waals surface area (Å²) in [5.74, 6) is 1.73. The minimum Gasteiger partial charge on any atom is -0.487 e. The third-order valence-corrected chi connectivity index (χ3v) is 4.47. The van der Waals surface area contributed by atoms with Crippen molar-refractivity contribution in [1.82, 2.24) is 0 Å². The Labute approximate surface area is 198 Å². The summed E-state index contributed by atoms with van der Waals surface area (Å²) in [7, 11) is 0. The molecule has 2 N–H and O–H groups in total. The van der Waals surface area contributed by atoms with Gasteiger partial charge in [0.2, 0.25) is 11.8 Å². The van der Waals surface area contributed by atoms with E-state index in [-0.39, 0.29) is 25.0 Å². The fourth-order valence-electron chi connectivity index (χ4n) is 3.09. The molecule has 0 bridgehead atoms. The number of rotatable bonds is 2. The molecule has 0 aromatic heterocycles. The van der Waals surface area contributed by atoms with Crippen LogP contribution in [0.5, 0.6) is 23.0 Å². The lowest BCUT2D eigenvalue weighted by atomic mass is 10.2. The molecule has 1 aliphatic rings. The number of hydrogen-bond acceptors (Lipinski definition) is 8. The topological polar surface area (TPSA) is 114 Å². The van der Waals surface area contributed by atoms with Crippen molar-refractivity contribution in [3.63, 3.8) is 0 Å². The number of nitrogens with one attached hydrogen (secondary N) is 2. The van der Waals surface area contributed by atoms with E-state index in [0.717, 1.165) is 0 Å². The van der Waals surface area contributed by atoms with Gasteiger partial charge in [-0.1, -0.05) is 0 Å². The number of anilines is 2. The highest BCUT2D eigenvalue weighted by molar-refractivity contribution is 5.89. The Morgan fingerprint density at radius 2 is 0.912 bits per heavy atom. The molecule has 2 aromatic rings. The van der Waals surface area contributed by atoms with E-state index in [0.29, 0.717) is 74.0 Å². The van der Waals surface area contributed by atoms with E-state index in [1.807, 2.05) is 0 Å². The molecule has 0 saturated heterocycles. The lowest BCUT2D eigenvalue weighted by Crippen LogP contribution is -2.16. The van der Waals surface area contributed by atoms with Crippen molar-refractivity contribution in [2.45, 2.75) is 13.8 Å². The molecule has 2 amide bonds. The average molecular weight is 475 g/mol. The van der Waals surface area contributed by atoms with Crippen molar-refractivity contribution in [3.8, 4) is 23.0 Å². The van der Waals surface area contributed by atoms with E-state index in [9.17, 15) is 9.59 Å². The lowest BCUT2D eigenvalue weighted by Gasteiger charge is -2.16. The van der Waals surface area contributed by atoms with Gasteiger partial charge in [-0.05, 0) is 24.3 Å². The highest BCUT2D eigenvalue weighted by Gasteiger charge is 2.11. The number of carbonyl (C=O) groups excluding carboxylic acids is 2. The molecule has 1 aliphatic heterocycles. The maximum Gasteiger partial charge on any atom is 0.221 e. The first-order valence-electron chi connectivity index (χ1n) is 11.0. The number of carbonyl (C=O) groups is 2. The normalized spacial score (nSPS) is 15.4. The first-order chi connectivity index (χ1) is 16.5. The number of benzene rings is 2. The van der Waals surface area contributed by atoms with Crippen molar-refractivity contribution in [1.29, 1.82) is 0 Å². The van der Waals surface area contributed by atoms with Gasteiger partial charge in [0.25, 0.3) is 0 Å². The van der Waals surface area contributed by atoms with Crippen LogP contribution in [0.2, 0.25) is 0 Å². The zero-order valence-electron chi connectivity index (χ0n) is 19.4. The average Bonchev–Trinajstić information content (AvgIpc) is 2.78. The predicted octanol–water partition coefficient (Wildman–Crippen LogP) is 2.87. The van der Waals surface area contributed by atoms with Gasteiger partial charge >= 0.3 is 0 Å².